The molecule has 0 saturated heterocycles. The smallest absolute Gasteiger partial charge is 0.232 e. The minimum absolute atomic E-state index is 0.00931. The van der Waals surface area contributed by atoms with Crippen molar-refractivity contribution in [3.8, 4) is 11.4 Å². The zero-order chi connectivity index (χ0) is 15.1. The van der Waals surface area contributed by atoms with E-state index < -0.39 is 17.6 Å². The van der Waals surface area contributed by atoms with Crippen LogP contribution in [0.15, 0.2) is 22.7 Å². The molecule has 0 radical (unpaired) electrons. The molecule has 0 aliphatic heterocycles. The summed E-state index contributed by atoms with van der Waals surface area (Å²) in [5.74, 6) is -1.19. The SMILES string of the molecule is Cc1nc(-c2ccc(F)cc2C(F)(F)F)nc(Cl)c1Br. The van der Waals surface area contributed by atoms with Crippen molar-refractivity contribution in [2.24, 2.45) is 0 Å². The molecule has 8 heteroatoms. The van der Waals surface area contributed by atoms with Gasteiger partial charge >= 0.3 is 6.18 Å². The van der Waals surface area contributed by atoms with Crippen LogP contribution in [0.25, 0.3) is 11.4 Å². The number of aromatic nitrogens is 2. The van der Waals surface area contributed by atoms with E-state index in [-0.39, 0.29) is 16.5 Å². The lowest BCUT2D eigenvalue weighted by atomic mass is 10.1. The van der Waals surface area contributed by atoms with E-state index in [0.717, 1.165) is 12.1 Å². The molecule has 0 unspecified atom stereocenters. The third-order valence-electron chi connectivity index (χ3n) is 2.50. The lowest BCUT2D eigenvalue weighted by Crippen LogP contribution is -2.09. The van der Waals surface area contributed by atoms with Crippen LogP contribution in [0.3, 0.4) is 0 Å². The van der Waals surface area contributed by atoms with Crippen molar-refractivity contribution in [2.45, 2.75) is 13.1 Å². The van der Waals surface area contributed by atoms with E-state index in [2.05, 4.69) is 25.9 Å². The lowest BCUT2D eigenvalue weighted by Gasteiger charge is -2.13. The van der Waals surface area contributed by atoms with Crippen molar-refractivity contribution in [1.82, 2.24) is 9.97 Å². The maximum Gasteiger partial charge on any atom is 0.417 e. The Bertz CT molecular complexity index is 650. The second-order valence-electron chi connectivity index (χ2n) is 3.93. The van der Waals surface area contributed by atoms with Crippen LogP contribution in [0.1, 0.15) is 11.3 Å². The molecule has 1 aromatic carbocycles. The molecule has 2 aromatic rings. The average Bonchev–Trinajstić information content (AvgIpc) is 2.34. The van der Waals surface area contributed by atoms with Gasteiger partial charge in [-0.25, -0.2) is 14.4 Å². The number of aryl methyl sites for hydroxylation is 1. The predicted octanol–water partition coefficient (Wildman–Crippen LogP) is 5.03. The van der Waals surface area contributed by atoms with Gasteiger partial charge in [0.15, 0.2) is 5.82 Å². The highest BCUT2D eigenvalue weighted by molar-refractivity contribution is 9.10. The van der Waals surface area contributed by atoms with Crippen molar-refractivity contribution in [2.75, 3.05) is 0 Å². The molecule has 0 amide bonds. The fourth-order valence-electron chi connectivity index (χ4n) is 1.59. The minimum Gasteiger partial charge on any atom is -0.232 e. The van der Waals surface area contributed by atoms with Crippen molar-refractivity contribution in [1.29, 1.82) is 0 Å². The second kappa shape index (κ2) is 5.29. The Hall–Kier alpha value is -1.21. The quantitative estimate of drug-likeness (QED) is 0.521. The van der Waals surface area contributed by atoms with Crippen LogP contribution in [-0.2, 0) is 6.18 Å². The van der Waals surface area contributed by atoms with Crippen molar-refractivity contribution < 1.29 is 17.6 Å². The van der Waals surface area contributed by atoms with E-state index in [0.29, 0.717) is 16.2 Å². The van der Waals surface area contributed by atoms with E-state index in [9.17, 15) is 17.6 Å². The number of halogens is 6. The number of hydrogen-bond acceptors (Lipinski definition) is 2. The summed E-state index contributed by atoms with van der Waals surface area (Å²) in [6, 6.07) is 2.31. The van der Waals surface area contributed by atoms with Crippen LogP contribution >= 0.6 is 27.5 Å². The summed E-state index contributed by atoms with van der Waals surface area (Å²) in [4.78, 5) is 7.74. The van der Waals surface area contributed by atoms with Crippen LogP contribution in [0.4, 0.5) is 17.6 Å². The molecule has 20 heavy (non-hydrogen) atoms. The van der Waals surface area contributed by atoms with Gasteiger partial charge in [0.05, 0.1) is 15.7 Å². The van der Waals surface area contributed by atoms with Crippen LogP contribution < -0.4 is 0 Å². The third kappa shape index (κ3) is 2.93. The predicted molar refractivity (Wildman–Crippen MR) is 69.9 cm³/mol. The maximum absolute atomic E-state index is 13.0. The van der Waals surface area contributed by atoms with Gasteiger partial charge in [-0.3, -0.25) is 0 Å². The van der Waals surface area contributed by atoms with E-state index in [1.807, 2.05) is 0 Å². The zero-order valence-corrected chi connectivity index (χ0v) is 12.2. The Kier molecular flexibility index (Phi) is 4.02. The highest BCUT2D eigenvalue weighted by atomic mass is 79.9. The van der Waals surface area contributed by atoms with Gasteiger partial charge in [-0.15, -0.1) is 0 Å². The standard InChI is InChI=1S/C12H6BrClF4N2/c1-5-9(13)10(14)20-11(19-5)7-3-2-6(15)4-8(7)12(16,17)18/h2-4H,1H3. The van der Waals surface area contributed by atoms with E-state index in [4.69, 9.17) is 11.6 Å². The maximum atomic E-state index is 13.0. The molecule has 0 saturated carbocycles. The molecule has 0 bridgehead atoms. The van der Waals surface area contributed by atoms with E-state index in [1.165, 1.54) is 0 Å². The topological polar surface area (TPSA) is 25.8 Å². The molecule has 0 atom stereocenters. The largest absolute Gasteiger partial charge is 0.417 e. The Morgan fingerprint density at radius 3 is 2.40 bits per heavy atom. The van der Waals surface area contributed by atoms with Crippen LogP contribution in [0.5, 0.6) is 0 Å². The second-order valence-corrected chi connectivity index (χ2v) is 5.08. The summed E-state index contributed by atoms with van der Waals surface area (Å²) < 4.78 is 52.2. The normalized spacial score (nSPS) is 11.8. The van der Waals surface area contributed by atoms with Gasteiger partial charge in [-0.2, -0.15) is 13.2 Å². The Balaban J connectivity index is 2.70. The van der Waals surface area contributed by atoms with E-state index >= 15 is 0 Å². The van der Waals surface area contributed by atoms with Gasteiger partial charge in [-0.05, 0) is 41.1 Å². The van der Waals surface area contributed by atoms with Crippen molar-refractivity contribution >= 4 is 27.5 Å². The van der Waals surface area contributed by atoms with Gasteiger partial charge in [0.25, 0.3) is 0 Å². The molecule has 2 nitrogen and oxygen atoms in total. The Morgan fingerprint density at radius 1 is 1.20 bits per heavy atom. The average molecular weight is 370 g/mol. The minimum atomic E-state index is -4.71. The monoisotopic (exact) mass is 368 g/mol. The van der Waals surface area contributed by atoms with Gasteiger partial charge in [-0.1, -0.05) is 11.6 Å². The van der Waals surface area contributed by atoms with Gasteiger partial charge in [0.1, 0.15) is 11.0 Å². The third-order valence-corrected chi connectivity index (χ3v) is 3.96. The lowest BCUT2D eigenvalue weighted by molar-refractivity contribution is -0.137. The molecular weight excluding hydrogens is 363 g/mol. The molecule has 0 N–H and O–H groups in total. The van der Waals surface area contributed by atoms with Gasteiger partial charge < -0.3 is 0 Å². The first kappa shape index (κ1) is 15.2. The molecule has 0 aliphatic rings. The number of nitrogens with zero attached hydrogens (tertiary/aromatic N) is 2. The molecule has 2 rings (SSSR count). The fraction of sp³-hybridized carbons (Fsp3) is 0.167. The molecule has 0 spiro atoms. The summed E-state index contributed by atoms with van der Waals surface area (Å²) in [6.45, 7) is 1.57. The molecule has 0 aliphatic carbocycles. The van der Waals surface area contributed by atoms with Crippen LogP contribution in [0.2, 0.25) is 5.15 Å². The highest BCUT2D eigenvalue weighted by Gasteiger charge is 2.35. The first-order valence-electron chi connectivity index (χ1n) is 5.27. The van der Waals surface area contributed by atoms with Gasteiger partial charge in [0, 0.05) is 5.56 Å². The first-order chi connectivity index (χ1) is 9.20. The van der Waals surface area contributed by atoms with Crippen LogP contribution in [-0.4, -0.2) is 9.97 Å². The molecule has 0 fully saturated rings. The number of alkyl halides is 3. The summed E-state index contributed by atoms with van der Waals surface area (Å²) in [5.41, 5.74) is -1.08. The Morgan fingerprint density at radius 2 is 1.85 bits per heavy atom. The molecular formula is C12H6BrClF4N2. The zero-order valence-electron chi connectivity index (χ0n) is 9.89. The fourth-order valence-corrected chi connectivity index (χ4v) is 1.98. The first-order valence-corrected chi connectivity index (χ1v) is 6.44. The van der Waals surface area contributed by atoms with E-state index in [1.54, 1.807) is 6.92 Å². The highest BCUT2D eigenvalue weighted by Crippen LogP contribution is 2.37. The molecule has 1 heterocycles. The van der Waals surface area contributed by atoms with Crippen LogP contribution in [0, 0.1) is 12.7 Å². The summed E-state index contributed by atoms with van der Waals surface area (Å²) in [6.07, 6.45) is -4.71. The summed E-state index contributed by atoms with van der Waals surface area (Å²) >= 11 is 8.93. The van der Waals surface area contributed by atoms with Crippen molar-refractivity contribution in [3.05, 3.63) is 44.9 Å². The summed E-state index contributed by atoms with van der Waals surface area (Å²) in [5, 5.41) is -0.00931. The molecule has 106 valence electrons. The number of rotatable bonds is 1. The number of hydrogen-bond donors (Lipinski definition) is 0. The van der Waals surface area contributed by atoms with Crippen molar-refractivity contribution in [3.63, 3.8) is 0 Å². The Labute approximate surface area is 124 Å². The number of benzene rings is 1. The summed E-state index contributed by atoms with van der Waals surface area (Å²) in [7, 11) is 0. The van der Waals surface area contributed by atoms with Gasteiger partial charge in [0.2, 0.25) is 0 Å². The molecule has 1 aromatic heterocycles.